The van der Waals surface area contributed by atoms with E-state index in [9.17, 15) is 19.3 Å². The van der Waals surface area contributed by atoms with Crippen LogP contribution < -0.4 is 9.47 Å². The summed E-state index contributed by atoms with van der Waals surface area (Å²) in [5, 5.41) is 25.3. The molecule has 0 atom stereocenters. The summed E-state index contributed by atoms with van der Waals surface area (Å²) in [7, 11) is -6.90. The monoisotopic (exact) mass is 977 g/mol. The molecule has 4 aromatic rings. The molecule has 0 spiro atoms. The molecule has 0 amide bonds. The first kappa shape index (κ1) is 55.3. The number of aromatic hydroxyl groups is 2. The minimum absolute atomic E-state index is 0.0475. The third-order valence-corrected chi connectivity index (χ3v) is 16.6. The maximum Gasteiger partial charge on any atom is 0.334 e. The number of phenolic OH excluding ortho intramolecular Hbond substituents is 2. The molecule has 4 aromatic carbocycles. The zero-order valence-corrected chi connectivity index (χ0v) is 45.9. The predicted octanol–water partition coefficient (Wildman–Crippen LogP) is 14.3. The molecule has 1 aliphatic carbocycles. The molecule has 0 heterocycles. The quantitative estimate of drug-likeness (QED) is 0.0922. The number of hydrogen-bond donors (Lipinski definition) is 2. The van der Waals surface area contributed by atoms with Crippen LogP contribution in [0.2, 0.25) is 0 Å². The van der Waals surface area contributed by atoms with E-state index >= 15 is 0 Å². The Morgan fingerprint density at radius 2 is 0.603 bits per heavy atom. The van der Waals surface area contributed by atoms with Gasteiger partial charge in [0.05, 0.1) is 52.0 Å². The predicted molar refractivity (Wildman–Crippen MR) is 278 cm³/mol. The van der Waals surface area contributed by atoms with E-state index in [0.717, 1.165) is 66.8 Å². The fourth-order valence-corrected chi connectivity index (χ4v) is 11.5. The third kappa shape index (κ3) is 13.8. The molecular formula is C56H82O10P2. The van der Waals surface area contributed by atoms with Crippen LogP contribution in [0.25, 0.3) is 0 Å². The minimum Gasteiger partial charge on any atom is -0.507 e. The fraction of sp³-hybridized carbons (Fsp3) is 0.571. The van der Waals surface area contributed by atoms with Crippen LogP contribution >= 0.6 is 15.2 Å². The molecular weight excluding hydrogens is 895 g/mol. The van der Waals surface area contributed by atoms with Crippen molar-refractivity contribution in [3.05, 3.63) is 115 Å². The highest BCUT2D eigenvalue weighted by Gasteiger charge is 2.31. The van der Waals surface area contributed by atoms with Crippen molar-refractivity contribution in [2.24, 2.45) is 0 Å². The van der Waals surface area contributed by atoms with E-state index in [1.807, 2.05) is 0 Å². The average Bonchev–Trinajstić information content (AvgIpc) is 3.20. The molecule has 12 heteroatoms. The van der Waals surface area contributed by atoms with Gasteiger partial charge in [0, 0.05) is 25.7 Å². The highest BCUT2D eigenvalue weighted by Crippen LogP contribution is 2.50. The second kappa shape index (κ2) is 21.8. The van der Waals surface area contributed by atoms with Crippen LogP contribution in [0, 0.1) is 0 Å². The van der Waals surface area contributed by atoms with Crippen LogP contribution in [0.4, 0.5) is 0 Å². The van der Waals surface area contributed by atoms with E-state index < -0.39 is 15.2 Å². The van der Waals surface area contributed by atoms with Crippen molar-refractivity contribution in [2.45, 2.75) is 158 Å². The van der Waals surface area contributed by atoms with Crippen LogP contribution in [0.1, 0.15) is 178 Å². The largest absolute Gasteiger partial charge is 0.507 e. The first-order valence-electron chi connectivity index (χ1n) is 24.6. The van der Waals surface area contributed by atoms with Gasteiger partial charge in [0.15, 0.2) is 0 Å². The van der Waals surface area contributed by atoms with Gasteiger partial charge >= 0.3 is 15.2 Å². The number of phenols is 2. The van der Waals surface area contributed by atoms with Crippen molar-refractivity contribution in [1.82, 2.24) is 0 Å². The first-order valence-corrected chi connectivity index (χ1v) is 28.0. The number of benzene rings is 4. The van der Waals surface area contributed by atoms with Gasteiger partial charge in [-0.15, -0.1) is 0 Å². The lowest BCUT2D eigenvalue weighted by atomic mass is 9.79. The Morgan fingerprint density at radius 3 is 0.794 bits per heavy atom. The average molecular weight is 977 g/mol. The summed E-state index contributed by atoms with van der Waals surface area (Å²) in [5.74, 6) is 1.58. The molecule has 376 valence electrons. The summed E-state index contributed by atoms with van der Waals surface area (Å²) >= 11 is 0. The fourth-order valence-electron chi connectivity index (χ4n) is 8.66. The van der Waals surface area contributed by atoms with Crippen molar-refractivity contribution in [3.8, 4) is 23.0 Å². The maximum atomic E-state index is 13.8. The van der Waals surface area contributed by atoms with E-state index in [0.29, 0.717) is 37.2 Å². The van der Waals surface area contributed by atoms with Crippen molar-refractivity contribution in [3.63, 3.8) is 0 Å². The first-order chi connectivity index (χ1) is 31.5. The molecule has 0 fully saturated rings. The third-order valence-electron chi connectivity index (χ3n) is 12.5. The standard InChI is InChI=1S/C56H82O10P2/c1-17-63-67(59,64-18-2)23-21-61-51-41-25-37-29-45(53(5,6)7)31-39(49(37)57)27-43-35-48(56(14,15)16)36-44(52(43)62-22-24-68(60,65-19-3)66-20-4)28-40-32-46(54(8,9)10)30-38(50(40)58)26-42(51)34-47(33-41)55(11,12)13/h29-36,57-58H,17-28H2,1-16H3. The second-order valence-electron chi connectivity index (χ2n) is 22.3. The van der Waals surface area contributed by atoms with Gasteiger partial charge in [0.2, 0.25) is 0 Å². The van der Waals surface area contributed by atoms with Gasteiger partial charge in [-0.1, -0.05) is 132 Å². The highest BCUT2D eigenvalue weighted by molar-refractivity contribution is 7.54. The van der Waals surface area contributed by atoms with Crippen molar-refractivity contribution in [2.75, 3.05) is 52.0 Å². The van der Waals surface area contributed by atoms with E-state index in [4.69, 9.17) is 27.6 Å². The maximum absolute atomic E-state index is 13.8. The van der Waals surface area contributed by atoms with Crippen LogP contribution in [0.15, 0.2) is 48.5 Å². The van der Waals surface area contributed by atoms with Crippen LogP contribution in [-0.4, -0.2) is 62.2 Å². The van der Waals surface area contributed by atoms with E-state index in [1.54, 1.807) is 27.7 Å². The Hall–Kier alpha value is -3.62. The summed E-state index contributed by atoms with van der Waals surface area (Å²) in [5.41, 5.74) is 9.54. The minimum atomic E-state index is -3.45. The van der Waals surface area contributed by atoms with Crippen LogP contribution in [-0.2, 0) is 74.6 Å². The molecule has 5 rings (SSSR count). The molecule has 0 saturated heterocycles. The zero-order valence-electron chi connectivity index (χ0n) is 44.2. The van der Waals surface area contributed by atoms with E-state index in [2.05, 4.69) is 132 Å². The lowest BCUT2D eigenvalue weighted by Crippen LogP contribution is -2.17. The summed E-state index contributed by atoms with van der Waals surface area (Å²) in [6.07, 6.45) is 1.39. The van der Waals surface area contributed by atoms with Crippen LogP contribution in [0.5, 0.6) is 23.0 Å². The Bertz CT molecular complexity index is 2210. The summed E-state index contributed by atoms with van der Waals surface area (Å²) < 4.78 is 63.9. The van der Waals surface area contributed by atoms with Gasteiger partial charge in [-0.05, 0) is 116 Å². The summed E-state index contributed by atoms with van der Waals surface area (Å²) in [6.45, 7) is 34.4. The van der Waals surface area contributed by atoms with Gasteiger partial charge < -0.3 is 37.8 Å². The smallest absolute Gasteiger partial charge is 0.334 e. The number of fused-ring (bicyclic) bond motifs is 8. The van der Waals surface area contributed by atoms with E-state index in [-0.39, 0.29) is 85.1 Å². The Balaban J connectivity index is 1.89. The van der Waals surface area contributed by atoms with Crippen molar-refractivity contribution < 1.29 is 46.9 Å². The van der Waals surface area contributed by atoms with Gasteiger partial charge in [0.1, 0.15) is 23.0 Å². The normalized spacial score (nSPS) is 14.0. The number of hydrogen-bond acceptors (Lipinski definition) is 10. The van der Waals surface area contributed by atoms with Gasteiger partial charge in [-0.2, -0.15) is 0 Å². The Morgan fingerprint density at radius 1 is 0.397 bits per heavy atom. The second-order valence-corrected chi connectivity index (χ2v) is 26.6. The molecule has 1 aliphatic rings. The number of rotatable bonds is 16. The topological polar surface area (TPSA) is 130 Å². The zero-order chi connectivity index (χ0) is 50.6. The molecule has 8 bridgehead atoms. The summed E-state index contributed by atoms with van der Waals surface area (Å²) in [4.78, 5) is 0. The Kier molecular flexibility index (Phi) is 17.7. The van der Waals surface area contributed by atoms with Gasteiger partial charge in [-0.25, -0.2) is 0 Å². The molecule has 68 heavy (non-hydrogen) atoms. The van der Waals surface area contributed by atoms with Crippen molar-refractivity contribution >= 4 is 15.2 Å². The van der Waals surface area contributed by atoms with Gasteiger partial charge in [-0.3, -0.25) is 9.13 Å². The Labute approximate surface area is 408 Å². The molecule has 0 unspecified atom stereocenters. The van der Waals surface area contributed by atoms with Crippen molar-refractivity contribution in [1.29, 1.82) is 0 Å². The molecule has 10 nitrogen and oxygen atoms in total. The lowest BCUT2D eigenvalue weighted by molar-refractivity contribution is 0.211. The highest BCUT2D eigenvalue weighted by atomic mass is 31.2. The molecule has 0 aromatic heterocycles. The molecule has 0 radical (unpaired) electrons. The number of ether oxygens (including phenoxy) is 2. The summed E-state index contributed by atoms with van der Waals surface area (Å²) in [6, 6.07) is 17.1. The molecule has 2 N–H and O–H groups in total. The SMILES string of the molecule is CCOP(=O)(CCOc1c2cc(C(C)(C)C)cc1Cc1cc(C(C)(C)C)cc(c1O)Cc1cc(C(C)(C)C)cc(c1OCCP(=O)(OCC)OCC)Cc1cc(C(C)(C)C)cc(c1O)C2)OCC. The lowest BCUT2D eigenvalue weighted by Gasteiger charge is -2.28. The molecule has 0 saturated carbocycles. The van der Waals surface area contributed by atoms with Gasteiger partial charge in [0.25, 0.3) is 0 Å². The van der Waals surface area contributed by atoms with Crippen LogP contribution in [0.3, 0.4) is 0 Å². The van der Waals surface area contributed by atoms with E-state index in [1.165, 1.54) is 0 Å². The molecule has 0 aliphatic heterocycles.